The van der Waals surface area contributed by atoms with Crippen LogP contribution >= 0.6 is 0 Å². The fourth-order valence-electron chi connectivity index (χ4n) is 0. The second kappa shape index (κ2) is 3.17. The normalized spacial score (nSPS) is 9.67. The molecule has 0 aromatic rings. The molecule has 0 aromatic heterocycles. The molecular weight excluding hydrogens is 136 g/mol. The van der Waals surface area contributed by atoms with E-state index in [4.69, 9.17) is 17.5 Å². The van der Waals surface area contributed by atoms with E-state index in [0.717, 1.165) is 0 Å². The summed E-state index contributed by atoms with van der Waals surface area (Å²) >= 11 is 0. The average Bonchev–Trinajstić information content (AvgIpc) is 0.722. The Labute approximate surface area is 69.6 Å². The topological polar surface area (TPSA) is 74.6 Å². The Morgan fingerprint density at radius 1 is 1.50 bits per heavy atom. The predicted octanol–water partition coefficient (Wildman–Crippen LogP) is -0.563. The van der Waals surface area contributed by atoms with E-state index in [1.165, 1.54) is 0 Å². The van der Waals surface area contributed by atoms with Crippen LogP contribution < -0.4 is 0 Å². The first-order valence-electron chi connectivity index (χ1n) is 0.698. The van der Waals surface area contributed by atoms with Gasteiger partial charge in [0, 0.05) is 1.43 Å². The van der Waals surface area contributed by atoms with E-state index >= 15 is 0 Å². The van der Waals surface area contributed by atoms with Gasteiger partial charge in [-0.05, 0) is 0 Å². The van der Waals surface area contributed by atoms with Crippen LogP contribution in [0, 0.1) is 0 Å². The van der Waals surface area contributed by atoms with Crippen LogP contribution in [0.4, 0.5) is 0 Å². The van der Waals surface area contributed by atoms with Gasteiger partial charge in [0.1, 0.15) is 0 Å². The van der Waals surface area contributed by atoms with Gasteiger partial charge >= 0.3 is 48.1 Å². The quantitative estimate of drug-likeness (QED) is 0.351. The van der Waals surface area contributed by atoms with E-state index in [1.54, 1.807) is 0 Å². The van der Waals surface area contributed by atoms with Gasteiger partial charge in [-0.15, -0.1) is 0 Å². The van der Waals surface area contributed by atoms with Crippen LogP contribution in [0.25, 0.3) is 0 Å². The Morgan fingerprint density at radius 2 is 1.50 bits per heavy atom. The molecule has 0 saturated carbocycles. The van der Waals surface area contributed by atoms with Crippen molar-refractivity contribution in [2.75, 3.05) is 0 Å². The zero-order chi connectivity index (χ0) is 4.50. The van der Waals surface area contributed by atoms with E-state index in [0.29, 0.717) is 0 Å². The number of hydrogen-bond acceptors (Lipinski definition) is 2. The molecule has 0 aliphatic carbocycles. The smallest absolute Gasteiger partial charge is 1.00 e. The molecule has 0 saturated heterocycles. The first-order valence-corrected chi connectivity index (χ1v) is 2.10. The molecule has 2 N–H and O–H groups in total. The Balaban J connectivity index is -0.0000000133. The second-order valence-electron chi connectivity index (χ2n) is 0.448. The molecule has 0 unspecified atom stereocenters. The second-order valence-corrected chi connectivity index (χ2v) is 1.34. The fraction of sp³-hybridized carbons (Fsp3) is 0. The van der Waals surface area contributed by atoms with E-state index in [1.807, 2.05) is 0 Å². The molecule has 6 heteroatoms. The van der Waals surface area contributed by atoms with Crippen molar-refractivity contribution in [3.8, 4) is 0 Å². The van der Waals surface area contributed by atoms with Crippen molar-refractivity contribution in [2.24, 2.45) is 0 Å². The Morgan fingerprint density at radius 3 is 1.50 bits per heavy atom. The summed E-state index contributed by atoms with van der Waals surface area (Å²) in [6.45, 7) is 0. The van der Waals surface area contributed by atoms with Crippen LogP contribution in [0.3, 0.4) is 0 Å². The van der Waals surface area contributed by atoms with Gasteiger partial charge in [-0.25, -0.2) is 0 Å². The first kappa shape index (κ1) is 10.2. The largest absolute Gasteiger partial charge is 2.00 e. The monoisotopic (exact) mass is 142 g/mol. The molecule has 0 radical (unpaired) electrons. The van der Waals surface area contributed by atoms with Gasteiger partial charge in [0.25, 0.3) is 0 Å². The summed E-state index contributed by atoms with van der Waals surface area (Å²) in [6.07, 6.45) is 0. The minimum absolute atomic E-state index is 0. The minimum Gasteiger partial charge on any atom is -1.00 e. The molecular formula is H6CaO4S. The Bertz CT molecular complexity index is 99.0. The summed E-state index contributed by atoms with van der Waals surface area (Å²) in [4.78, 5) is 0. The third-order valence-corrected chi connectivity index (χ3v) is 0. The summed E-state index contributed by atoms with van der Waals surface area (Å²) in [6, 6.07) is 0. The Hall–Kier alpha value is 1.13. The Kier molecular flexibility index (Phi) is 5.38. The van der Waals surface area contributed by atoms with Crippen molar-refractivity contribution >= 4 is 48.1 Å². The van der Waals surface area contributed by atoms with Crippen LogP contribution in [0.1, 0.15) is 4.28 Å². The molecule has 0 bridgehead atoms. The minimum atomic E-state index is -4.67. The third-order valence-electron chi connectivity index (χ3n) is 0. The zero-order valence-corrected chi connectivity index (χ0v) is 5.85. The summed E-state index contributed by atoms with van der Waals surface area (Å²) in [5.74, 6) is 0. The van der Waals surface area contributed by atoms with Crippen molar-refractivity contribution in [1.29, 1.82) is 0 Å². The molecule has 0 rings (SSSR count). The van der Waals surface area contributed by atoms with E-state index < -0.39 is 10.4 Å². The molecule has 0 aliphatic heterocycles. The number of rotatable bonds is 0. The van der Waals surface area contributed by atoms with E-state index in [9.17, 15) is 0 Å². The summed E-state index contributed by atoms with van der Waals surface area (Å²) < 4.78 is 31.6. The van der Waals surface area contributed by atoms with Gasteiger partial charge in [0.2, 0.25) is 0 Å². The maximum atomic E-state index is 8.74. The maximum Gasteiger partial charge on any atom is 2.00 e. The summed E-state index contributed by atoms with van der Waals surface area (Å²) in [5.41, 5.74) is 0. The molecule has 0 atom stereocenters. The van der Waals surface area contributed by atoms with E-state index in [2.05, 4.69) is 0 Å². The third kappa shape index (κ3) is 68.5. The molecule has 0 spiro atoms. The number of hydrogen-bond donors (Lipinski definition) is 2. The van der Waals surface area contributed by atoms with Crippen molar-refractivity contribution in [3.63, 3.8) is 0 Å². The van der Waals surface area contributed by atoms with Gasteiger partial charge in [-0.3, -0.25) is 9.11 Å². The first-order chi connectivity index (χ1) is 2.00. The van der Waals surface area contributed by atoms with Crippen LogP contribution in [-0.2, 0) is 10.4 Å². The zero-order valence-electron chi connectivity index (χ0n) is 4.83. The van der Waals surface area contributed by atoms with Gasteiger partial charge in [0.15, 0.2) is 0 Å². The standard InChI is InChI=1S/Ca.H2O4S.H2.2H/c;1-5(2,3)4;;;/h;(H2,1,2,3,4);1H;;/q+2;;;2*-1. The maximum absolute atomic E-state index is 8.74. The van der Waals surface area contributed by atoms with Crippen LogP contribution in [-0.4, -0.2) is 55.3 Å². The summed E-state index contributed by atoms with van der Waals surface area (Å²) in [5, 5.41) is 0. The molecule has 6 heavy (non-hydrogen) atoms. The molecule has 38 valence electrons. The van der Waals surface area contributed by atoms with Crippen molar-refractivity contribution in [2.45, 2.75) is 0 Å². The van der Waals surface area contributed by atoms with Gasteiger partial charge in [-0.1, -0.05) is 0 Å². The van der Waals surface area contributed by atoms with Crippen molar-refractivity contribution in [1.82, 2.24) is 0 Å². The van der Waals surface area contributed by atoms with E-state index in [-0.39, 0.29) is 42.0 Å². The van der Waals surface area contributed by atoms with Crippen molar-refractivity contribution in [3.05, 3.63) is 0 Å². The molecule has 0 amide bonds. The van der Waals surface area contributed by atoms with Gasteiger partial charge < -0.3 is 2.85 Å². The SMILES string of the molecule is O=S(=O)(O)O.[Ca+2].[H-].[H-].[HH]. The van der Waals surface area contributed by atoms with Crippen LogP contribution in [0.15, 0.2) is 0 Å². The van der Waals surface area contributed by atoms with Crippen LogP contribution in [0.2, 0.25) is 0 Å². The fourth-order valence-corrected chi connectivity index (χ4v) is 0. The molecule has 4 nitrogen and oxygen atoms in total. The van der Waals surface area contributed by atoms with Crippen molar-refractivity contribution < 1.29 is 21.8 Å². The molecule has 0 fully saturated rings. The molecule has 0 aromatic carbocycles. The van der Waals surface area contributed by atoms with Gasteiger partial charge in [-0.2, -0.15) is 8.42 Å². The van der Waals surface area contributed by atoms with Crippen LogP contribution in [0.5, 0.6) is 0 Å². The average molecular weight is 142 g/mol. The molecule has 0 aliphatic rings. The van der Waals surface area contributed by atoms with Gasteiger partial charge in [0.05, 0.1) is 0 Å². The summed E-state index contributed by atoms with van der Waals surface area (Å²) in [7, 11) is -4.67. The predicted molar refractivity (Wildman–Crippen MR) is 24.3 cm³/mol. The molecule has 0 heterocycles.